The van der Waals surface area contributed by atoms with Crippen LogP contribution in [0.1, 0.15) is 27.2 Å². The first-order valence-electron chi connectivity index (χ1n) is 10.0. The molecule has 10 heteroatoms. The van der Waals surface area contributed by atoms with Crippen LogP contribution in [-0.4, -0.2) is 26.3 Å². The number of imidazole rings is 1. The predicted octanol–water partition coefficient (Wildman–Crippen LogP) is 4.49. The lowest BCUT2D eigenvalue weighted by molar-refractivity contribution is -0.116. The average Bonchev–Trinajstić information content (AvgIpc) is 3.47. The summed E-state index contributed by atoms with van der Waals surface area (Å²) in [7, 11) is 0. The molecule has 4 aromatic rings. The van der Waals surface area contributed by atoms with Gasteiger partial charge in [-0.1, -0.05) is 12.1 Å². The van der Waals surface area contributed by atoms with Crippen molar-refractivity contribution >= 4 is 34.0 Å². The lowest BCUT2D eigenvalue weighted by Crippen LogP contribution is -2.15. The van der Waals surface area contributed by atoms with Crippen LogP contribution < -0.4 is 10.6 Å². The molecule has 0 radical (unpaired) electrons. The highest BCUT2D eigenvalue weighted by molar-refractivity contribution is 7.15. The van der Waals surface area contributed by atoms with E-state index >= 15 is 0 Å². The van der Waals surface area contributed by atoms with Gasteiger partial charge in [-0.05, 0) is 29.8 Å². The molecule has 0 bridgehead atoms. The first kappa shape index (κ1) is 22.3. The zero-order valence-electron chi connectivity index (χ0n) is 17.3. The van der Waals surface area contributed by atoms with E-state index in [1.54, 1.807) is 53.8 Å². The van der Waals surface area contributed by atoms with Crippen molar-refractivity contribution in [2.75, 3.05) is 10.6 Å². The highest BCUT2D eigenvalue weighted by Crippen LogP contribution is 2.23. The van der Waals surface area contributed by atoms with Crippen LogP contribution >= 0.6 is 11.3 Å². The largest absolute Gasteiger partial charge is 0.337 e. The second-order valence-electron chi connectivity index (χ2n) is 7.18. The van der Waals surface area contributed by atoms with Crippen molar-refractivity contribution in [3.8, 4) is 0 Å². The van der Waals surface area contributed by atoms with Crippen LogP contribution in [-0.2, 0) is 17.8 Å². The SMILES string of the molecule is O=C(CCn1ccnc1)Nc1cccc(C(=O)Nc2ncc(Cc3ccc(F)cc3F)s2)c1. The lowest BCUT2D eigenvalue weighted by atomic mass is 10.1. The summed E-state index contributed by atoms with van der Waals surface area (Å²) in [6.07, 6.45) is 7.10. The summed E-state index contributed by atoms with van der Waals surface area (Å²) in [6.45, 7) is 0.500. The summed E-state index contributed by atoms with van der Waals surface area (Å²) in [5.41, 5.74) is 1.20. The van der Waals surface area contributed by atoms with Gasteiger partial charge in [-0.2, -0.15) is 0 Å². The fourth-order valence-electron chi connectivity index (χ4n) is 3.08. The van der Waals surface area contributed by atoms with Crippen molar-refractivity contribution < 1.29 is 18.4 Å². The Labute approximate surface area is 192 Å². The van der Waals surface area contributed by atoms with Gasteiger partial charge < -0.3 is 9.88 Å². The second kappa shape index (κ2) is 10.1. The molecule has 0 fully saturated rings. The van der Waals surface area contributed by atoms with Crippen LogP contribution in [0.5, 0.6) is 0 Å². The minimum Gasteiger partial charge on any atom is -0.337 e. The van der Waals surface area contributed by atoms with E-state index in [2.05, 4.69) is 20.6 Å². The van der Waals surface area contributed by atoms with Crippen LogP contribution in [0.15, 0.2) is 67.4 Å². The van der Waals surface area contributed by atoms with Crippen molar-refractivity contribution in [3.05, 3.63) is 95.0 Å². The van der Waals surface area contributed by atoms with E-state index in [0.717, 1.165) is 10.9 Å². The number of benzene rings is 2. The van der Waals surface area contributed by atoms with Crippen LogP contribution in [0.25, 0.3) is 0 Å². The van der Waals surface area contributed by atoms with Gasteiger partial charge >= 0.3 is 0 Å². The monoisotopic (exact) mass is 467 g/mol. The number of hydrogen-bond acceptors (Lipinski definition) is 5. The number of thiazole rings is 1. The lowest BCUT2D eigenvalue weighted by Gasteiger charge is -2.08. The Hall–Kier alpha value is -3.92. The van der Waals surface area contributed by atoms with Gasteiger partial charge in [-0.25, -0.2) is 18.7 Å². The molecule has 4 rings (SSSR count). The molecule has 168 valence electrons. The van der Waals surface area contributed by atoms with Crippen molar-refractivity contribution in [1.29, 1.82) is 0 Å². The topological polar surface area (TPSA) is 88.9 Å². The number of nitrogens with zero attached hydrogens (tertiary/aromatic N) is 3. The second-order valence-corrected chi connectivity index (χ2v) is 8.29. The smallest absolute Gasteiger partial charge is 0.257 e. The zero-order chi connectivity index (χ0) is 23.2. The maximum atomic E-state index is 13.9. The van der Waals surface area contributed by atoms with Gasteiger partial charge in [0.15, 0.2) is 5.13 Å². The Morgan fingerprint density at radius 3 is 2.76 bits per heavy atom. The Balaban J connectivity index is 1.34. The number of hydrogen-bond donors (Lipinski definition) is 2. The highest BCUT2D eigenvalue weighted by atomic mass is 32.1. The third-order valence-corrected chi connectivity index (χ3v) is 5.63. The molecule has 0 unspecified atom stereocenters. The molecule has 2 heterocycles. The molecule has 0 saturated carbocycles. The van der Waals surface area contributed by atoms with Gasteiger partial charge in [-0.15, -0.1) is 11.3 Å². The number of carbonyl (C=O) groups excluding carboxylic acids is 2. The minimum absolute atomic E-state index is 0.182. The van der Waals surface area contributed by atoms with Gasteiger partial charge in [0.1, 0.15) is 11.6 Å². The van der Waals surface area contributed by atoms with Crippen molar-refractivity contribution in [1.82, 2.24) is 14.5 Å². The number of rotatable bonds is 8. The van der Waals surface area contributed by atoms with E-state index in [9.17, 15) is 18.4 Å². The Kier molecular flexibility index (Phi) is 6.84. The number of aryl methyl sites for hydroxylation is 1. The number of amides is 2. The van der Waals surface area contributed by atoms with E-state index in [-0.39, 0.29) is 18.7 Å². The highest BCUT2D eigenvalue weighted by Gasteiger charge is 2.12. The fourth-order valence-corrected chi connectivity index (χ4v) is 3.91. The third-order valence-electron chi connectivity index (χ3n) is 4.72. The normalized spacial score (nSPS) is 10.7. The van der Waals surface area contributed by atoms with E-state index < -0.39 is 17.5 Å². The molecule has 2 amide bonds. The number of halogens is 2. The maximum absolute atomic E-state index is 13.9. The average molecular weight is 468 g/mol. The van der Waals surface area contributed by atoms with Gasteiger partial charge in [0.25, 0.3) is 5.91 Å². The molecule has 2 aromatic carbocycles. The molecule has 2 N–H and O–H groups in total. The molecule has 0 aliphatic rings. The summed E-state index contributed by atoms with van der Waals surface area (Å²) in [5.74, 6) is -1.83. The summed E-state index contributed by atoms with van der Waals surface area (Å²) < 4.78 is 28.7. The summed E-state index contributed by atoms with van der Waals surface area (Å²) in [6, 6.07) is 9.99. The molecular weight excluding hydrogens is 448 g/mol. The van der Waals surface area contributed by atoms with E-state index in [0.29, 0.717) is 28.5 Å². The fraction of sp³-hybridized carbons (Fsp3) is 0.130. The molecule has 7 nitrogen and oxygen atoms in total. The molecule has 0 spiro atoms. The maximum Gasteiger partial charge on any atom is 0.257 e. The van der Waals surface area contributed by atoms with Crippen LogP contribution in [0.4, 0.5) is 19.6 Å². The van der Waals surface area contributed by atoms with Crippen LogP contribution in [0.2, 0.25) is 0 Å². The van der Waals surface area contributed by atoms with Crippen molar-refractivity contribution in [3.63, 3.8) is 0 Å². The predicted molar refractivity (Wildman–Crippen MR) is 121 cm³/mol. The Morgan fingerprint density at radius 2 is 1.97 bits per heavy atom. The number of anilines is 2. The number of carbonyl (C=O) groups is 2. The van der Waals surface area contributed by atoms with E-state index in [1.807, 2.05) is 0 Å². The van der Waals surface area contributed by atoms with E-state index in [4.69, 9.17) is 0 Å². The van der Waals surface area contributed by atoms with Crippen molar-refractivity contribution in [2.45, 2.75) is 19.4 Å². The first-order valence-corrected chi connectivity index (χ1v) is 10.8. The van der Waals surface area contributed by atoms with Gasteiger partial charge in [-0.3, -0.25) is 14.9 Å². The minimum atomic E-state index is -0.634. The molecule has 2 aromatic heterocycles. The Bertz CT molecular complexity index is 1270. The van der Waals surface area contributed by atoms with Crippen LogP contribution in [0, 0.1) is 11.6 Å². The summed E-state index contributed by atoms with van der Waals surface area (Å²) >= 11 is 1.20. The van der Waals surface area contributed by atoms with Gasteiger partial charge in [0, 0.05) is 60.2 Å². The van der Waals surface area contributed by atoms with E-state index in [1.165, 1.54) is 23.5 Å². The van der Waals surface area contributed by atoms with Gasteiger partial charge in [0.2, 0.25) is 5.91 Å². The number of aromatic nitrogens is 3. The molecule has 33 heavy (non-hydrogen) atoms. The number of nitrogens with one attached hydrogen (secondary N) is 2. The Morgan fingerprint density at radius 1 is 1.09 bits per heavy atom. The standard InChI is InChI=1S/C23H19F2N5O2S/c24-17-5-4-15(20(25)12-17)11-19-13-27-23(33-19)29-22(32)16-2-1-3-18(10-16)28-21(31)6-8-30-9-7-26-14-30/h1-5,7,9-10,12-14H,6,8,11H2,(H,28,31)(H,27,29,32). The zero-order valence-corrected chi connectivity index (χ0v) is 18.1. The molecule has 0 saturated heterocycles. The molecular formula is C23H19F2N5O2S. The molecule has 0 aliphatic carbocycles. The summed E-state index contributed by atoms with van der Waals surface area (Å²) in [5, 5.41) is 5.83. The quantitative estimate of drug-likeness (QED) is 0.400. The third kappa shape index (κ3) is 6.07. The van der Waals surface area contributed by atoms with Gasteiger partial charge in [0.05, 0.1) is 6.33 Å². The van der Waals surface area contributed by atoms with Crippen molar-refractivity contribution in [2.24, 2.45) is 0 Å². The van der Waals surface area contributed by atoms with Crippen LogP contribution in [0.3, 0.4) is 0 Å². The summed E-state index contributed by atoms with van der Waals surface area (Å²) in [4.78, 5) is 33.6. The molecule has 0 atom stereocenters. The first-order chi connectivity index (χ1) is 16.0. The molecule has 0 aliphatic heterocycles.